The van der Waals surface area contributed by atoms with Crippen molar-refractivity contribution in [3.05, 3.63) is 47.8 Å². The summed E-state index contributed by atoms with van der Waals surface area (Å²) in [5, 5.41) is 18.0. The van der Waals surface area contributed by atoms with Gasteiger partial charge < -0.3 is 15.2 Å². The molecule has 1 aromatic carbocycles. The SMILES string of the molecule is Cn1cc(C(C)(O)CNCc2ccccc2OCC2CC2)cn1. The standard InChI is InChI=1S/C18H25N3O2/c1-18(22,16-10-20-21(2)11-16)13-19-9-15-5-3-4-6-17(15)23-12-14-7-8-14/h3-6,10-11,14,19,22H,7-9,12-13H2,1-2H3. The van der Waals surface area contributed by atoms with Gasteiger partial charge in [0.25, 0.3) is 0 Å². The van der Waals surface area contributed by atoms with E-state index in [4.69, 9.17) is 4.74 Å². The first-order valence-electron chi connectivity index (χ1n) is 8.17. The van der Waals surface area contributed by atoms with Crippen LogP contribution in [-0.4, -0.2) is 28.0 Å². The number of para-hydroxylation sites is 1. The van der Waals surface area contributed by atoms with E-state index < -0.39 is 5.60 Å². The first-order chi connectivity index (χ1) is 11.0. The summed E-state index contributed by atoms with van der Waals surface area (Å²) in [6.45, 7) is 3.73. The van der Waals surface area contributed by atoms with Crippen LogP contribution in [0.25, 0.3) is 0 Å². The molecule has 5 nitrogen and oxygen atoms in total. The molecule has 1 saturated carbocycles. The number of aliphatic hydroxyl groups is 1. The van der Waals surface area contributed by atoms with Crippen molar-refractivity contribution in [2.45, 2.75) is 31.9 Å². The molecule has 0 spiro atoms. The van der Waals surface area contributed by atoms with E-state index in [-0.39, 0.29) is 0 Å². The Labute approximate surface area is 137 Å². The molecule has 1 atom stereocenters. The summed E-state index contributed by atoms with van der Waals surface area (Å²) in [6, 6.07) is 8.09. The average molecular weight is 315 g/mol. The Morgan fingerprint density at radius 3 is 2.87 bits per heavy atom. The Kier molecular flexibility index (Phi) is 4.68. The second kappa shape index (κ2) is 6.72. The predicted octanol–water partition coefficient (Wildman–Crippen LogP) is 2.21. The molecular weight excluding hydrogens is 290 g/mol. The Morgan fingerprint density at radius 2 is 2.17 bits per heavy atom. The van der Waals surface area contributed by atoms with Crippen molar-refractivity contribution in [1.82, 2.24) is 15.1 Å². The lowest BCUT2D eigenvalue weighted by molar-refractivity contribution is 0.0565. The van der Waals surface area contributed by atoms with Gasteiger partial charge in [-0.15, -0.1) is 0 Å². The van der Waals surface area contributed by atoms with E-state index in [9.17, 15) is 5.11 Å². The Morgan fingerprint density at radius 1 is 1.39 bits per heavy atom. The topological polar surface area (TPSA) is 59.3 Å². The maximum Gasteiger partial charge on any atom is 0.123 e. The fourth-order valence-electron chi connectivity index (χ4n) is 2.52. The molecule has 5 heteroatoms. The second-order valence-corrected chi connectivity index (χ2v) is 6.64. The van der Waals surface area contributed by atoms with Gasteiger partial charge in [0.1, 0.15) is 11.4 Å². The summed E-state index contributed by atoms with van der Waals surface area (Å²) in [5.41, 5.74) is 0.985. The molecule has 1 aliphatic rings. The average Bonchev–Trinajstić information content (AvgIpc) is 3.25. The Bertz CT molecular complexity index is 647. The summed E-state index contributed by atoms with van der Waals surface area (Å²) < 4.78 is 7.62. The van der Waals surface area contributed by atoms with Crippen LogP contribution < -0.4 is 10.1 Å². The molecule has 1 fully saturated rings. The van der Waals surface area contributed by atoms with Gasteiger partial charge in [-0.3, -0.25) is 4.68 Å². The highest BCUT2D eigenvalue weighted by Gasteiger charge is 2.25. The van der Waals surface area contributed by atoms with Gasteiger partial charge in [0.2, 0.25) is 0 Å². The second-order valence-electron chi connectivity index (χ2n) is 6.64. The molecule has 3 rings (SSSR count). The summed E-state index contributed by atoms with van der Waals surface area (Å²) in [7, 11) is 1.85. The number of aromatic nitrogens is 2. The first kappa shape index (κ1) is 16.0. The van der Waals surface area contributed by atoms with Gasteiger partial charge in [0.05, 0.1) is 12.8 Å². The van der Waals surface area contributed by atoms with Crippen molar-refractivity contribution < 1.29 is 9.84 Å². The smallest absolute Gasteiger partial charge is 0.123 e. The summed E-state index contributed by atoms with van der Waals surface area (Å²) in [5.74, 6) is 1.68. The van der Waals surface area contributed by atoms with Crippen molar-refractivity contribution in [2.24, 2.45) is 13.0 Å². The molecule has 0 amide bonds. The highest BCUT2D eigenvalue weighted by molar-refractivity contribution is 5.33. The molecule has 0 saturated heterocycles. The first-order valence-corrected chi connectivity index (χ1v) is 8.17. The van der Waals surface area contributed by atoms with E-state index in [1.165, 1.54) is 12.8 Å². The maximum absolute atomic E-state index is 10.6. The molecule has 0 bridgehead atoms. The normalized spacial score (nSPS) is 17.0. The van der Waals surface area contributed by atoms with Crippen LogP contribution in [0, 0.1) is 5.92 Å². The van der Waals surface area contributed by atoms with Crippen molar-refractivity contribution >= 4 is 0 Å². The van der Waals surface area contributed by atoms with E-state index >= 15 is 0 Å². The molecule has 23 heavy (non-hydrogen) atoms. The minimum atomic E-state index is -0.946. The van der Waals surface area contributed by atoms with Crippen LogP contribution in [0.1, 0.15) is 30.9 Å². The number of benzene rings is 1. The van der Waals surface area contributed by atoms with Gasteiger partial charge in [-0.1, -0.05) is 18.2 Å². The zero-order valence-electron chi connectivity index (χ0n) is 13.8. The molecule has 1 heterocycles. The maximum atomic E-state index is 10.6. The lowest BCUT2D eigenvalue weighted by Crippen LogP contribution is -2.35. The van der Waals surface area contributed by atoms with Crippen LogP contribution in [0.2, 0.25) is 0 Å². The molecule has 1 aromatic heterocycles. The van der Waals surface area contributed by atoms with E-state index in [1.54, 1.807) is 17.8 Å². The van der Waals surface area contributed by atoms with E-state index in [2.05, 4.69) is 16.5 Å². The summed E-state index contributed by atoms with van der Waals surface area (Å²) >= 11 is 0. The number of rotatable bonds is 8. The molecule has 0 radical (unpaired) electrons. The highest BCUT2D eigenvalue weighted by atomic mass is 16.5. The molecule has 2 aromatic rings. The molecule has 1 aliphatic carbocycles. The fraction of sp³-hybridized carbons (Fsp3) is 0.500. The van der Waals surface area contributed by atoms with Crippen LogP contribution in [0.3, 0.4) is 0 Å². The van der Waals surface area contributed by atoms with Crippen LogP contribution >= 0.6 is 0 Å². The molecule has 0 aliphatic heterocycles. The van der Waals surface area contributed by atoms with E-state index in [0.717, 1.165) is 29.4 Å². The van der Waals surface area contributed by atoms with Gasteiger partial charge in [-0.25, -0.2) is 0 Å². The van der Waals surface area contributed by atoms with Crippen LogP contribution in [0.5, 0.6) is 5.75 Å². The molecule has 1 unspecified atom stereocenters. The monoisotopic (exact) mass is 315 g/mol. The van der Waals surface area contributed by atoms with Crippen molar-refractivity contribution in [3.8, 4) is 5.75 Å². The highest BCUT2D eigenvalue weighted by Crippen LogP contribution is 2.30. The zero-order chi connectivity index (χ0) is 16.3. The van der Waals surface area contributed by atoms with Crippen LogP contribution in [0.15, 0.2) is 36.7 Å². The van der Waals surface area contributed by atoms with Crippen molar-refractivity contribution in [2.75, 3.05) is 13.2 Å². The van der Waals surface area contributed by atoms with Gasteiger partial charge in [0, 0.05) is 37.5 Å². The number of aryl methyl sites for hydroxylation is 1. The summed E-state index contributed by atoms with van der Waals surface area (Å²) in [4.78, 5) is 0. The quantitative estimate of drug-likeness (QED) is 0.784. The molecule has 2 N–H and O–H groups in total. The molecular formula is C18H25N3O2. The number of nitrogens with zero attached hydrogens (tertiary/aromatic N) is 2. The van der Waals surface area contributed by atoms with Crippen molar-refractivity contribution in [1.29, 1.82) is 0 Å². The minimum absolute atomic E-state index is 0.454. The fourth-order valence-corrected chi connectivity index (χ4v) is 2.52. The minimum Gasteiger partial charge on any atom is -0.493 e. The van der Waals surface area contributed by atoms with Gasteiger partial charge in [0.15, 0.2) is 0 Å². The van der Waals surface area contributed by atoms with Crippen molar-refractivity contribution in [3.63, 3.8) is 0 Å². The van der Waals surface area contributed by atoms with Gasteiger partial charge in [-0.2, -0.15) is 5.10 Å². The summed E-state index contributed by atoms with van der Waals surface area (Å²) in [6.07, 6.45) is 6.12. The van der Waals surface area contributed by atoms with Crippen LogP contribution in [-0.2, 0) is 19.2 Å². The Hall–Kier alpha value is -1.85. The van der Waals surface area contributed by atoms with Crippen LogP contribution in [0.4, 0.5) is 0 Å². The lowest BCUT2D eigenvalue weighted by atomic mass is 9.99. The third kappa shape index (κ3) is 4.33. The van der Waals surface area contributed by atoms with E-state index in [0.29, 0.717) is 13.1 Å². The number of ether oxygens (including phenoxy) is 1. The third-order valence-electron chi connectivity index (χ3n) is 4.26. The predicted molar refractivity (Wildman–Crippen MR) is 89.1 cm³/mol. The number of nitrogens with one attached hydrogen (secondary N) is 1. The number of hydrogen-bond acceptors (Lipinski definition) is 4. The largest absolute Gasteiger partial charge is 0.493 e. The Balaban J connectivity index is 1.55. The lowest BCUT2D eigenvalue weighted by Gasteiger charge is -2.22. The van der Waals surface area contributed by atoms with Gasteiger partial charge >= 0.3 is 0 Å². The molecule has 124 valence electrons. The number of hydrogen-bond donors (Lipinski definition) is 2. The van der Waals surface area contributed by atoms with Gasteiger partial charge in [-0.05, 0) is 31.7 Å². The third-order valence-corrected chi connectivity index (χ3v) is 4.26. The van der Waals surface area contributed by atoms with E-state index in [1.807, 2.05) is 31.4 Å². The zero-order valence-corrected chi connectivity index (χ0v) is 13.8.